The van der Waals surface area contributed by atoms with Crippen molar-refractivity contribution >= 4 is 40.5 Å². The van der Waals surface area contributed by atoms with Crippen molar-refractivity contribution in [1.82, 2.24) is 0 Å². The minimum atomic E-state index is -1.25. The molecule has 5 heteroatoms. The van der Waals surface area contributed by atoms with E-state index in [1.165, 1.54) is 5.56 Å². The van der Waals surface area contributed by atoms with Crippen LogP contribution >= 0.6 is 34.8 Å². The molecule has 2 nitrogen and oxygen atoms in total. The first-order chi connectivity index (χ1) is 10.5. The van der Waals surface area contributed by atoms with E-state index < -0.39 is 3.79 Å². The van der Waals surface area contributed by atoms with Gasteiger partial charge in [-0.25, -0.2) is 0 Å². The molecule has 0 saturated heterocycles. The van der Waals surface area contributed by atoms with E-state index in [2.05, 4.69) is 17.4 Å². The highest BCUT2D eigenvalue weighted by atomic mass is 35.6. The summed E-state index contributed by atoms with van der Waals surface area (Å²) in [5.41, 5.74) is 3.21. The minimum absolute atomic E-state index is 0.400. The van der Waals surface area contributed by atoms with Crippen LogP contribution in [0.2, 0.25) is 0 Å². The smallest absolute Gasteiger partial charge is 0.194 e. The molecule has 0 aliphatic carbocycles. The van der Waals surface area contributed by atoms with Crippen molar-refractivity contribution in [3.8, 4) is 5.75 Å². The van der Waals surface area contributed by atoms with Gasteiger partial charge in [0.1, 0.15) is 5.75 Å². The fourth-order valence-corrected chi connectivity index (χ4v) is 2.51. The van der Waals surface area contributed by atoms with E-state index in [0.717, 1.165) is 23.5 Å². The highest BCUT2D eigenvalue weighted by Crippen LogP contribution is 2.30. The van der Waals surface area contributed by atoms with Crippen molar-refractivity contribution in [3.63, 3.8) is 0 Å². The summed E-state index contributed by atoms with van der Waals surface area (Å²) >= 11 is 17.4. The Bertz CT molecular complexity index is 576. The average molecular weight is 359 g/mol. The summed E-state index contributed by atoms with van der Waals surface area (Å²) in [6.45, 7) is 3.40. The zero-order valence-corrected chi connectivity index (χ0v) is 14.6. The number of rotatable bonds is 6. The summed E-state index contributed by atoms with van der Waals surface area (Å²) in [6.07, 6.45) is 0.400. The summed E-state index contributed by atoms with van der Waals surface area (Å²) in [6, 6.07) is 15.9. The second kappa shape index (κ2) is 7.96. The number of hydrogen-bond acceptors (Lipinski definition) is 2. The molecular weight excluding hydrogens is 341 g/mol. The zero-order chi connectivity index (χ0) is 16.0. The third-order valence-corrected chi connectivity index (χ3v) is 3.49. The van der Waals surface area contributed by atoms with E-state index in [0.29, 0.717) is 13.0 Å². The Hall–Kier alpha value is -1.09. The van der Waals surface area contributed by atoms with Crippen LogP contribution in [0, 0.1) is 0 Å². The topological polar surface area (TPSA) is 21.3 Å². The molecule has 2 aromatic rings. The molecule has 22 heavy (non-hydrogen) atoms. The van der Waals surface area contributed by atoms with E-state index in [1.807, 2.05) is 43.3 Å². The van der Waals surface area contributed by atoms with Crippen LogP contribution in [0.1, 0.15) is 18.1 Å². The number of alkyl halides is 3. The lowest BCUT2D eigenvalue weighted by Crippen LogP contribution is -2.06. The van der Waals surface area contributed by atoms with Crippen LogP contribution in [0.25, 0.3) is 0 Å². The van der Waals surface area contributed by atoms with Gasteiger partial charge in [0, 0.05) is 18.7 Å². The van der Waals surface area contributed by atoms with Crippen molar-refractivity contribution in [2.75, 3.05) is 11.9 Å². The summed E-state index contributed by atoms with van der Waals surface area (Å²) in [4.78, 5) is 0. The molecule has 0 aliphatic heterocycles. The number of halogens is 3. The van der Waals surface area contributed by atoms with Gasteiger partial charge in [0.2, 0.25) is 0 Å². The maximum absolute atomic E-state index is 5.79. The molecule has 2 aromatic carbocycles. The largest absolute Gasteiger partial charge is 0.494 e. The van der Waals surface area contributed by atoms with Gasteiger partial charge in [-0.1, -0.05) is 59.1 Å². The first-order valence-corrected chi connectivity index (χ1v) is 8.21. The molecular formula is C17H18Cl3NO. The number of anilines is 1. The summed E-state index contributed by atoms with van der Waals surface area (Å²) in [5, 5.41) is 3.36. The predicted octanol–water partition coefficient (Wildman–Crippen LogP) is 5.61. The fraction of sp³-hybridized carbons (Fsp3) is 0.294. The maximum Gasteiger partial charge on any atom is 0.194 e. The predicted molar refractivity (Wildman–Crippen MR) is 95.4 cm³/mol. The van der Waals surface area contributed by atoms with Crippen LogP contribution in [-0.4, -0.2) is 10.4 Å². The first-order valence-electron chi connectivity index (χ1n) is 7.07. The van der Waals surface area contributed by atoms with E-state index in [4.69, 9.17) is 39.5 Å². The molecule has 0 heterocycles. The average Bonchev–Trinajstić information content (AvgIpc) is 2.47. The van der Waals surface area contributed by atoms with Crippen LogP contribution in [0.5, 0.6) is 5.75 Å². The number of nitrogens with one attached hydrogen (secondary N) is 1. The molecule has 0 fully saturated rings. The summed E-state index contributed by atoms with van der Waals surface area (Å²) in [7, 11) is 0. The third-order valence-electron chi connectivity index (χ3n) is 3.09. The second-order valence-corrected chi connectivity index (χ2v) is 7.44. The first kappa shape index (κ1) is 17.3. The van der Waals surface area contributed by atoms with Gasteiger partial charge in [-0.05, 0) is 42.3 Å². The molecule has 2 rings (SSSR count). The number of hydrogen-bond donors (Lipinski definition) is 1. The fourth-order valence-electron chi connectivity index (χ4n) is 2.05. The van der Waals surface area contributed by atoms with Crippen molar-refractivity contribution in [2.45, 2.75) is 23.7 Å². The van der Waals surface area contributed by atoms with Crippen LogP contribution in [0.15, 0.2) is 48.5 Å². The molecule has 0 spiro atoms. The Labute approximate surface area is 146 Å². The van der Waals surface area contributed by atoms with E-state index in [1.54, 1.807) is 0 Å². The van der Waals surface area contributed by atoms with Gasteiger partial charge in [0.05, 0.1) is 6.61 Å². The Kier molecular flexibility index (Phi) is 6.25. The quantitative estimate of drug-likeness (QED) is 0.678. The molecule has 0 amide bonds. The highest BCUT2D eigenvalue weighted by Gasteiger charge is 2.19. The molecule has 118 valence electrons. The Morgan fingerprint density at radius 1 is 0.909 bits per heavy atom. The zero-order valence-electron chi connectivity index (χ0n) is 12.3. The van der Waals surface area contributed by atoms with Crippen LogP contribution < -0.4 is 10.1 Å². The van der Waals surface area contributed by atoms with Gasteiger partial charge < -0.3 is 10.1 Å². The molecule has 0 atom stereocenters. The molecule has 0 aliphatic rings. The molecule has 0 aromatic heterocycles. The summed E-state index contributed by atoms with van der Waals surface area (Å²) in [5.74, 6) is 0.891. The molecule has 0 bridgehead atoms. The van der Waals surface area contributed by atoms with E-state index in [9.17, 15) is 0 Å². The van der Waals surface area contributed by atoms with Gasteiger partial charge in [0.25, 0.3) is 0 Å². The van der Waals surface area contributed by atoms with E-state index >= 15 is 0 Å². The normalized spacial score (nSPS) is 11.3. The highest BCUT2D eigenvalue weighted by molar-refractivity contribution is 6.67. The number of benzene rings is 2. The van der Waals surface area contributed by atoms with Crippen molar-refractivity contribution < 1.29 is 4.74 Å². The van der Waals surface area contributed by atoms with Gasteiger partial charge in [0.15, 0.2) is 3.79 Å². The van der Waals surface area contributed by atoms with Gasteiger partial charge in [-0.15, -0.1) is 0 Å². The molecule has 0 saturated carbocycles. The molecule has 1 N–H and O–H groups in total. The minimum Gasteiger partial charge on any atom is -0.494 e. The maximum atomic E-state index is 5.79. The van der Waals surface area contributed by atoms with Crippen LogP contribution in [-0.2, 0) is 13.0 Å². The Morgan fingerprint density at radius 3 is 2.05 bits per heavy atom. The van der Waals surface area contributed by atoms with Crippen molar-refractivity contribution in [1.29, 1.82) is 0 Å². The van der Waals surface area contributed by atoms with Crippen LogP contribution in [0.3, 0.4) is 0 Å². The Balaban J connectivity index is 1.88. The number of ether oxygens (including phenoxy) is 1. The lowest BCUT2D eigenvalue weighted by Gasteiger charge is -2.12. The van der Waals surface area contributed by atoms with Gasteiger partial charge in [-0.2, -0.15) is 0 Å². The van der Waals surface area contributed by atoms with E-state index in [-0.39, 0.29) is 0 Å². The van der Waals surface area contributed by atoms with Crippen molar-refractivity contribution in [2.24, 2.45) is 0 Å². The van der Waals surface area contributed by atoms with Crippen molar-refractivity contribution in [3.05, 3.63) is 59.7 Å². The standard InChI is InChI=1S/C17H18Cl3NO/c1-2-22-16-9-5-14(6-10-16)12-21-15-7-3-13(4-8-15)11-17(18,19)20/h3-10,21H,2,11-12H2,1H3. The molecule has 0 radical (unpaired) electrons. The SMILES string of the molecule is CCOc1ccc(CNc2ccc(CC(Cl)(Cl)Cl)cc2)cc1. The monoisotopic (exact) mass is 357 g/mol. The molecule has 0 unspecified atom stereocenters. The van der Waals surface area contributed by atoms with Gasteiger partial charge >= 0.3 is 0 Å². The lowest BCUT2D eigenvalue weighted by molar-refractivity contribution is 0.340. The Morgan fingerprint density at radius 2 is 1.50 bits per heavy atom. The third kappa shape index (κ3) is 5.96. The summed E-state index contributed by atoms with van der Waals surface area (Å²) < 4.78 is 4.17. The second-order valence-electron chi connectivity index (χ2n) is 4.92. The van der Waals surface area contributed by atoms with Crippen LogP contribution in [0.4, 0.5) is 5.69 Å². The van der Waals surface area contributed by atoms with Gasteiger partial charge in [-0.3, -0.25) is 0 Å². The lowest BCUT2D eigenvalue weighted by atomic mass is 10.1.